The van der Waals surface area contributed by atoms with Crippen molar-refractivity contribution in [3.8, 4) is 0 Å². The van der Waals surface area contributed by atoms with Crippen LogP contribution in [0.25, 0.3) is 0 Å². The number of sulfonamides is 1. The molecule has 1 heterocycles. The highest BCUT2D eigenvalue weighted by Gasteiger charge is 2.22. The summed E-state index contributed by atoms with van der Waals surface area (Å²) in [7, 11) is -0.513. The molecule has 1 N–H and O–H groups in total. The number of carbonyl (C=O) groups is 2. The van der Waals surface area contributed by atoms with Gasteiger partial charge in [-0.15, -0.1) is 0 Å². The topological polar surface area (TPSA) is 109 Å². The van der Waals surface area contributed by atoms with Gasteiger partial charge in [0.1, 0.15) is 6.54 Å². The molecule has 0 aliphatic heterocycles. The minimum absolute atomic E-state index is 0.0591. The molecule has 11 heteroatoms. The van der Waals surface area contributed by atoms with Gasteiger partial charge in [0.05, 0.1) is 10.6 Å². The van der Waals surface area contributed by atoms with E-state index in [2.05, 4.69) is 5.32 Å². The second-order valence-corrected chi connectivity index (χ2v) is 9.66. The lowest BCUT2D eigenvalue weighted by Crippen LogP contribution is -2.33. The number of nitrogens with zero attached hydrogens (tertiary/aromatic N) is 3. The Morgan fingerprint density at radius 1 is 1.06 bits per heavy atom. The first-order valence-corrected chi connectivity index (χ1v) is 11.8. The number of pyridine rings is 1. The van der Waals surface area contributed by atoms with Crippen molar-refractivity contribution in [1.29, 1.82) is 0 Å². The fourth-order valence-electron chi connectivity index (χ4n) is 2.69. The predicted octanol–water partition coefficient (Wildman–Crippen LogP) is 2.29. The van der Waals surface area contributed by atoms with Crippen LogP contribution in [0.15, 0.2) is 57.2 Å². The van der Waals surface area contributed by atoms with E-state index in [9.17, 15) is 22.8 Å². The molecule has 2 aromatic rings. The first-order chi connectivity index (χ1) is 14.6. The third-order valence-corrected chi connectivity index (χ3v) is 7.49. The van der Waals surface area contributed by atoms with Crippen LogP contribution in [0.5, 0.6) is 0 Å². The minimum atomic E-state index is -3.77. The summed E-state index contributed by atoms with van der Waals surface area (Å²) in [5, 5.41) is 2.48. The lowest BCUT2D eigenvalue weighted by Gasteiger charge is -2.19. The van der Waals surface area contributed by atoms with Gasteiger partial charge >= 0.3 is 0 Å². The van der Waals surface area contributed by atoms with E-state index in [1.54, 1.807) is 52.2 Å². The minimum Gasteiger partial charge on any atom is -0.339 e. The van der Waals surface area contributed by atoms with Crippen LogP contribution in [-0.2, 0) is 21.4 Å². The number of amides is 2. The molecule has 0 atom stereocenters. The summed E-state index contributed by atoms with van der Waals surface area (Å²) in [4.78, 5) is 38.7. The number of thioether (sulfide) groups is 1. The van der Waals surface area contributed by atoms with E-state index in [1.807, 2.05) is 0 Å². The lowest BCUT2D eigenvalue weighted by molar-refractivity contribution is -0.116. The van der Waals surface area contributed by atoms with Crippen molar-refractivity contribution >= 4 is 38.6 Å². The molecule has 1 aromatic carbocycles. The Bertz CT molecular complexity index is 1110. The van der Waals surface area contributed by atoms with Gasteiger partial charge in [-0.2, -0.15) is 4.31 Å². The van der Waals surface area contributed by atoms with Crippen LogP contribution in [0.2, 0.25) is 0 Å². The smallest absolute Gasteiger partial charge is 0.286 e. The SMILES string of the molecule is CCN(CC)S(=O)(=O)c1ccc(=O)n(CC(=O)Nc2ccccc2SC(=O)N(C)C)c1. The molecule has 1 aromatic heterocycles. The molecule has 0 saturated carbocycles. The molecule has 168 valence electrons. The second-order valence-electron chi connectivity index (χ2n) is 6.73. The maximum atomic E-state index is 12.7. The molecule has 2 amide bonds. The maximum Gasteiger partial charge on any atom is 0.286 e. The Kier molecular flexibility index (Phi) is 8.43. The second kappa shape index (κ2) is 10.6. The number of rotatable bonds is 8. The van der Waals surface area contributed by atoms with Gasteiger partial charge in [-0.05, 0) is 30.0 Å². The average Bonchev–Trinajstić information content (AvgIpc) is 2.71. The molecule has 0 bridgehead atoms. The average molecular weight is 467 g/mol. The van der Waals surface area contributed by atoms with Gasteiger partial charge in [-0.25, -0.2) is 8.42 Å². The molecule has 0 radical (unpaired) electrons. The highest BCUT2D eigenvalue weighted by molar-refractivity contribution is 8.13. The fraction of sp³-hybridized carbons (Fsp3) is 0.350. The molecular formula is C20H26N4O5S2. The van der Waals surface area contributed by atoms with E-state index in [0.717, 1.165) is 22.4 Å². The number of anilines is 1. The van der Waals surface area contributed by atoms with Crippen LogP contribution in [0.4, 0.5) is 10.5 Å². The molecule has 0 aliphatic carbocycles. The van der Waals surface area contributed by atoms with E-state index in [1.165, 1.54) is 21.5 Å². The molecule has 0 aliphatic rings. The molecule has 0 unspecified atom stereocenters. The highest BCUT2D eigenvalue weighted by Crippen LogP contribution is 2.28. The number of para-hydroxylation sites is 1. The molecule has 0 saturated heterocycles. The summed E-state index contributed by atoms with van der Waals surface area (Å²) in [6.07, 6.45) is 1.17. The van der Waals surface area contributed by atoms with Crippen molar-refractivity contribution in [1.82, 2.24) is 13.8 Å². The van der Waals surface area contributed by atoms with E-state index < -0.39 is 21.5 Å². The van der Waals surface area contributed by atoms with E-state index in [4.69, 9.17) is 0 Å². The quantitative estimate of drug-likeness (QED) is 0.598. The van der Waals surface area contributed by atoms with Gasteiger partial charge < -0.3 is 14.8 Å². The van der Waals surface area contributed by atoms with Crippen molar-refractivity contribution in [3.05, 3.63) is 52.9 Å². The lowest BCUT2D eigenvalue weighted by atomic mass is 10.3. The molecule has 0 fully saturated rings. The summed E-state index contributed by atoms with van der Waals surface area (Å²) in [6, 6.07) is 9.17. The van der Waals surface area contributed by atoms with Crippen LogP contribution >= 0.6 is 11.8 Å². The zero-order valence-electron chi connectivity index (χ0n) is 17.9. The van der Waals surface area contributed by atoms with Crippen LogP contribution in [0, 0.1) is 0 Å². The third-order valence-electron chi connectivity index (χ3n) is 4.34. The Morgan fingerprint density at radius 2 is 1.71 bits per heavy atom. The summed E-state index contributed by atoms with van der Waals surface area (Å²) < 4.78 is 27.7. The Balaban J connectivity index is 2.24. The van der Waals surface area contributed by atoms with Gasteiger partial charge in [-0.1, -0.05) is 26.0 Å². The maximum absolute atomic E-state index is 12.7. The van der Waals surface area contributed by atoms with Crippen LogP contribution < -0.4 is 10.9 Å². The zero-order chi connectivity index (χ0) is 23.2. The van der Waals surface area contributed by atoms with E-state index in [0.29, 0.717) is 23.7 Å². The number of nitrogens with one attached hydrogen (secondary N) is 1. The van der Waals surface area contributed by atoms with E-state index in [-0.39, 0.29) is 16.7 Å². The number of aromatic nitrogens is 1. The molecule has 9 nitrogen and oxygen atoms in total. The van der Waals surface area contributed by atoms with Gasteiger partial charge in [0.2, 0.25) is 15.9 Å². The van der Waals surface area contributed by atoms with Crippen molar-refractivity contribution < 1.29 is 18.0 Å². The highest BCUT2D eigenvalue weighted by atomic mass is 32.2. The van der Waals surface area contributed by atoms with Crippen LogP contribution in [0.1, 0.15) is 13.8 Å². The van der Waals surface area contributed by atoms with Crippen molar-refractivity contribution in [2.24, 2.45) is 0 Å². The monoisotopic (exact) mass is 466 g/mol. The largest absolute Gasteiger partial charge is 0.339 e. The summed E-state index contributed by atoms with van der Waals surface area (Å²) >= 11 is 0.963. The van der Waals surface area contributed by atoms with Crippen LogP contribution in [-0.4, -0.2) is 60.5 Å². The fourth-order valence-corrected chi connectivity index (χ4v) is 4.91. The van der Waals surface area contributed by atoms with Gasteiger partial charge in [0.25, 0.3) is 10.8 Å². The van der Waals surface area contributed by atoms with E-state index >= 15 is 0 Å². The molecule has 31 heavy (non-hydrogen) atoms. The zero-order valence-corrected chi connectivity index (χ0v) is 19.5. The summed E-state index contributed by atoms with van der Waals surface area (Å²) in [6.45, 7) is 3.65. The normalized spacial score (nSPS) is 11.4. The van der Waals surface area contributed by atoms with Crippen molar-refractivity contribution in [3.63, 3.8) is 0 Å². The van der Waals surface area contributed by atoms with Gasteiger partial charge in [-0.3, -0.25) is 14.4 Å². The van der Waals surface area contributed by atoms with Gasteiger partial charge in [0, 0.05) is 44.3 Å². The van der Waals surface area contributed by atoms with Gasteiger partial charge in [0.15, 0.2) is 0 Å². The Labute approximate surface area is 186 Å². The van der Waals surface area contributed by atoms with Crippen LogP contribution in [0.3, 0.4) is 0 Å². The predicted molar refractivity (Wildman–Crippen MR) is 121 cm³/mol. The number of carbonyl (C=O) groups excluding carboxylic acids is 2. The van der Waals surface area contributed by atoms with Crippen molar-refractivity contribution in [2.45, 2.75) is 30.2 Å². The standard InChI is InChI=1S/C20H26N4O5S2/c1-5-24(6-2)31(28,29)15-11-12-19(26)23(13-15)14-18(25)21-16-9-7-8-10-17(16)30-20(27)22(3)4/h7-13H,5-6,14H2,1-4H3,(H,21,25). The number of hydrogen-bond acceptors (Lipinski definition) is 6. The molecular weight excluding hydrogens is 440 g/mol. The first kappa shape index (κ1) is 24.6. The number of hydrogen-bond donors (Lipinski definition) is 1. The van der Waals surface area contributed by atoms with Crippen molar-refractivity contribution in [2.75, 3.05) is 32.5 Å². The first-order valence-electron chi connectivity index (χ1n) is 9.58. The Hall–Kier alpha value is -2.63. The molecule has 0 spiro atoms. The molecule has 2 rings (SSSR count). The third kappa shape index (κ3) is 6.18. The summed E-state index contributed by atoms with van der Waals surface area (Å²) in [5.74, 6) is -0.523. The Morgan fingerprint density at radius 3 is 2.32 bits per heavy atom. The number of benzene rings is 1. The summed E-state index contributed by atoms with van der Waals surface area (Å²) in [5.41, 5.74) is -0.0771.